The van der Waals surface area contributed by atoms with Crippen LogP contribution >= 0.6 is 12.4 Å². The van der Waals surface area contributed by atoms with E-state index in [-0.39, 0.29) is 29.3 Å². The molecule has 2 atom stereocenters. The first-order chi connectivity index (χ1) is 9.44. The van der Waals surface area contributed by atoms with Gasteiger partial charge in [0.2, 0.25) is 10.0 Å². The van der Waals surface area contributed by atoms with Gasteiger partial charge >= 0.3 is 0 Å². The molecule has 1 aliphatic rings. The number of sulfonamides is 1. The Kier molecular flexibility index (Phi) is 6.59. The number of nitrogens with one attached hydrogen (secondary N) is 1. The summed E-state index contributed by atoms with van der Waals surface area (Å²) >= 11 is 0. The fourth-order valence-corrected chi connectivity index (χ4v) is 4.39. The summed E-state index contributed by atoms with van der Waals surface area (Å²) < 4.78 is 40.7. The monoisotopic (exact) mass is 336 g/mol. The lowest BCUT2D eigenvalue weighted by molar-refractivity contribution is 0.296. The summed E-state index contributed by atoms with van der Waals surface area (Å²) in [5.74, 6) is -0.252. The minimum atomic E-state index is -3.62. The lowest BCUT2D eigenvalue weighted by Crippen LogP contribution is -2.44. The first-order valence-corrected chi connectivity index (χ1v) is 8.41. The van der Waals surface area contributed by atoms with Crippen molar-refractivity contribution in [3.05, 3.63) is 29.6 Å². The van der Waals surface area contributed by atoms with Crippen molar-refractivity contribution in [2.24, 2.45) is 11.7 Å². The van der Waals surface area contributed by atoms with E-state index in [1.165, 1.54) is 18.2 Å². The molecule has 0 aliphatic heterocycles. The van der Waals surface area contributed by atoms with Crippen molar-refractivity contribution >= 4 is 22.4 Å². The number of rotatable bonds is 4. The van der Waals surface area contributed by atoms with Gasteiger partial charge in [-0.3, -0.25) is 0 Å². The first-order valence-electron chi connectivity index (χ1n) is 6.92. The summed E-state index contributed by atoms with van der Waals surface area (Å²) in [6, 6.07) is 3.59. The van der Waals surface area contributed by atoms with Crippen molar-refractivity contribution < 1.29 is 12.8 Å². The molecule has 120 valence electrons. The van der Waals surface area contributed by atoms with E-state index in [1.807, 2.05) is 0 Å². The van der Waals surface area contributed by atoms with Crippen LogP contribution in [0.3, 0.4) is 0 Å². The SMILES string of the molecule is Cc1cc(F)ccc1S(=O)(=O)NC1CCCCC1CN.Cl. The maximum Gasteiger partial charge on any atom is 0.241 e. The Morgan fingerprint density at radius 2 is 2.00 bits per heavy atom. The Balaban J connectivity index is 0.00000220. The third-order valence-electron chi connectivity index (χ3n) is 3.94. The van der Waals surface area contributed by atoms with Crippen LogP contribution in [-0.4, -0.2) is 21.0 Å². The van der Waals surface area contributed by atoms with E-state index in [0.717, 1.165) is 25.7 Å². The summed E-state index contributed by atoms with van der Waals surface area (Å²) in [6.45, 7) is 2.08. The standard InChI is InChI=1S/C14H21FN2O2S.ClH/c1-10-8-12(15)6-7-14(10)20(18,19)17-13-5-3-2-4-11(13)9-16;/h6-8,11,13,17H,2-5,9,16H2,1H3;1H. The normalized spacial score (nSPS) is 22.6. The number of halogens is 2. The van der Waals surface area contributed by atoms with Crippen molar-refractivity contribution in [3.8, 4) is 0 Å². The third kappa shape index (κ3) is 4.39. The molecule has 2 unspecified atom stereocenters. The van der Waals surface area contributed by atoms with Gasteiger partial charge in [-0.1, -0.05) is 12.8 Å². The molecule has 0 radical (unpaired) electrons. The number of hydrogen-bond donors (Lipinski definition) is 2. The molecule has 0 saturated heterocycles. The average molecular weight is 337 g/mol. The van der Waals surface area contributed by atoms with Gasteiger partial charge in [0.05, 0.1) is 4.90 Å². The lowest BCUT2D eigenvalue weighted by atomic mass is 9.85. The first kappa shape index (κ1) is 18.4. The topological polar surface area (TPSA) is 72.2 Å². The van der Waals surface area contributed by atoms with E-state index >= 15 is 0 Å². The van der Waals surface area contributed by atoms with Crippen molar-refractivity contribution in [2.75, 3.05) is 6.54 Å². The summed E-state index contributed by atoms with van der Waals surface area (Å²) in [5.41, 5.74) is 6.13. The van der Waals surface area contributed by atoms with Gasteiger partial charge in [0, 0.05) is 6.04 Å². The lowest BCUT2D eigenvalue weighted by Gasteiger charge is -2.31. The van der Waals surface area contributed by atoms with E-state index < -0.39 is 15.8 Å². The molecule has 1 saturated carbocycles. The molecule has 1 aliphatic carbocycles. The second kappa shape index (κ2) is 7.54. The highest BCUT2D eigenvalue weighted by atomic mass is 35.5. The Morgan fingerprint density at radius 3 is 2.62 bits per heavy atom. The van der Waals surface area contributed by atoms with Gasteiger partial charge in [0.25, 0.3) is 0 Å². The summed E-state index contributed by atoms with van der Waals surface area (Å²) in [5, 5.41) is 0. The molecule has 1 aromatic carbocycles. The molecule has 3 N–H and O–H groups in total. The van der Waals surface area contributed by atoms with E-state index in [9.17, 15) is 12.8 Å². The zero-order chi connectivity index (χ0) is 14.8. The van der Waals surface area contributed by atoms with Crippen molar-refractivity contribution in [2.45, 2.75) is 43.5 Å². The van der Waals surface area contributed by atoms with Crippen molar-refractivity contribution in [1.29, 1.82) is 0 Å². The number of aryl methyl sites for hydroxylation is 1. The number of hydrogen-bond acceptors (Lipinski definition) is 3. The Bertz CT molecular complexity index is 580. The average Bonchev–Trinajstić information content (AvgIpc) is 2.38. The fraction of sp³-hybridized carbons (Fsp3) is 0.571. The van der Waals surface area contributed by atoms with Crippen LogP contribution < -0.4 is 10.5 Å². The molecule has 0 heterocycles. The summed E-state index contributed by atoms with van der Waals surface area (Å²) in [4.78, 5) is 0.139. The van der Waals surface area contributed by atoms with Gasteiger partial charge in [0.1, 0.15) is 5.82 Å². The predicted molar refractivity (Wildman–Crippen MR) is 83.5 cm³/mol. The van der Waals surface area contributed by atoms with Gasteiger partial charge in [-0.05, 0) is 56.0 Å². The Labute approximate surface area is 131 Å². The van der Waals surface area contributed by atoms with Gasteiger partial charge in [-0.2, -0.15) is 0 Å². The molecule has 1 fully saturated rings. The molecule has 21 heavy (non-hydrogen) atoms. The Hall–Kier alpha value is -0.690. The van der Waals surface area contributed by atoms with E-state index in [2.05, 4.69) is 4.72 Å². The maximum absolute atomic E-state index is 13.1. The van der Waals surface area contributed by atoms with E-state index in [0.29, 0.717) is 12.1 Å². The summed E-state index contributed by atoms with van der Waals surface area (Å²) in [6.07, 6.45) is 3.86. The molecule has 2 rings (SSSR count). The molecule has 0 spiro atoms. The third-order valence-corrected chi connectivity index (χ3v) is 5.59. The molecular weight excluding hydrogens is 315 g/mol. The fourth-order valence-electron chi connectivity index (χ4n) is 2.82. The van der Waals surface area contributed by atoms with Gasteiger partial charge in [0.15, 0.2) is 0 Å². The van der Waals surface area contributed by atoms with Gasteiger partial charge < -0.3 is 5.73 Å². The van der Waals surface area contributed by atoms with Crippen LogP contribution in [0.2, 0.25) is 0 Å². The maximum atomic E-state index is 13.1. The number of benzene rings is 1. The van der Waals surface area contributed by atoms with Crippen LogP contribution in [0.5, 0.6) is 0 Å². The number of nitrogens with two attached hydrogens (primary N) is 1. The highest BCUT2D eigenvalue weighted by Gasteiger charge is 2.29. The van der Waals surface area contributed by atoms with Gasteiger partial charge in [-0.15, -0.1) is 12.4 Å². The molecule has 0 aromatic heterocycles. The van der Waals surface area contributed by atoms with Crippen molar-refractivity contribution in [1.82, 2.24) is 4.72 Å². The van der Waals surface area contributed by atoms with Gasteiger partial charge in [-0.25, -0.2) is 17.5 Å². The quantitative estimate of drug-likeness (QED) is 0.886. The predicted octanol–water partition coefficient (Wildman–Crippen LogP) is 2.35. The molecule has 7 heteroatoms. The van der Waals surface area contributed by atoms with Crippen LogP contribution in [0.15, 0.2) is 23.1 Å². The van der Waals surface area contributed by atoms with Crippen LogP contribution in [-0.2, 0) is 10.0 Å². The molecular formula is C14H22ClFN2O2S. The zero-order valence-corrected chi connectivity index (χ0v) is 13.6. The van der Waals surface area contributed by atoms with Crippen LogP contribution in [0.1, 0.15) is 31.2 Å². The van der Waals surface area contributed by atoms with E-state index in [1.54, 1.807) is 6.92 Å². The van der Waals surface area contributed by atoms with E-state index in [4.69, 9.17) is 5.73 Å². The van der Waals surface area contributed by atoms with Crippen LogP contribution in [0.4, 0.5) is 4.39 Å². The highest BCUT2D eigenvalue weighted by Crippen LogP contribution is 2.26. The molecule has 4 nitrogen and oxygen atoms in total. The minimum absolute atomic E-state index is 0. The molecule has 0 amide bonds. The second-order valence-corrected chi connectivity index (χ2v) is 7.10. The zero-order valence-electron chi connectivity index (χ0n) is 12.0. The largest absolute Gasteiger partial charge is 0.330 e. The van der Waals surface area contributed by atoms with Crippen LogP contribution in [0.25, 0.3) is 0 Å². The molecule has 0 bridgehead atoms. The minimum Gasteiger partial charge on any atom is -0.330 e. The second-order valence-electron chi connectivity index (χ2n) is 5.42. The van der Waals surface area contributed by atoms with Crippen molar-refractivity contribution in [3.63, 3.8) is 0 Å². The van der Waals surface area contributed by atoms with Crippen LogP contribution in [0, 0.1) is 18.7 Å². The Morgan fingerprint density at radius 1 is 1.33 bits per heavy atom. The highest BCUT2D eigenvalue weighted by molar-refractivity contribution is 7.89. The smallest absolute Gasteiger partial charge is 0.241 e. The molecule has 1 aromatic rings. The summed E-state index contributed by atoms with van der Waals surface area (Å²) in [7, 11) is -3.62.